The molecule has 2 heterocycles. The number of anilines is 1. The number of halogens is 1. The topological polar surface area (TPSA) is 53.4 Å². The minimum absolute atomic E-state index is 0.129. The van der Waals surface area contributed by atoms with Gasteiger partial charge in [-0.25, -0.2) is 9.78 Å². The molecule has 1 atom stereocenters. The van der Waals surface area contributed by atoms with Crippen LogP contribution >= 0.6 is 11.6 Å². The van der Waals surface area contributed by atoms with Gasteiger partial charge in [0.15, 0.2) is 0 Å². The molecular weight excluding hydrogens is 252 g/mol. The van der Waals surface area contributed by atoms with Crippen LogP contribution in [0.1, 0.15) is 37.0 Å². The fourth-order valence-corrected chi connectivity index (χ4v) is 2.78. The van der Waals surface area contributed by atoms with Crippen molar-refractivity contribution in [1.29, 1.82) is 0 Å². The Morgan fingerprint density at radius 3 is 2.89 bits per heavy atom. The highest BCUT2D eigenvalue weighted by Crippen LogP contribution is 2.33. The van der Waals surface area contributed by atoms with E-state index in [2.05, 4.69) is 23.7 Å². The summed E-state index contributed by atoms with van der Waals surface area (Å²) in [6.45, 7) is 5.30. The molecule has 1 aliphatic rings. The van der Waals surface area contributed by atoms with Gasteiger partial charge in [-0.2, -0.15) is 0 Å². The Bertz CT molecular complexity index is 462. The zero-order valence-electron chi connectivity index (χ0n) is 10.6. The molecule has 1 aromatic rings. The maximum absolute atomic E-state index is 10.8. The first-order valence-corrected chi connectivity index (χ1v) is 6.54. The molecule has 18 heavy (non-hydrogen) atoms. The Hall–Kier alpha value is -1.29. The standard InChI is InChI=1S/C13H17ClN2O2/c1-8(2)11-4-3-5-16(11)12-10(14)6-9(7-15-12)13(17)18/h6-8,11H,3-5H2,1-2H3,(H,17,18). The number of pyridine rings is 1. The molecule has 1 saturated heterocycles. The van der Waals surface area contributed by atoms with Gasteiger partial charge in [0.2, 0.25) is 0 Å². The fourth-order valence-electron chi connectivity index (χ4n) is 2.51. The van der Waals surface area contributed by atoms with Crippen molar-refractivity contribution in [2.45, 2.75) is 32.7 Å². The van der Waals surface area contributed by atoms with Gasteiger partial charge in [-0.1, -0.05) is 25.4 Å². The minimum atomic E-state index is -1.00. The molecule has 4 nitrogen and oxygen atoms in total. The van der Waals surface area contributed by atoms with Crippen molar-refractivity contribution in [1.82, 2.24) is 4.98 Å². The molecule has 98 valence electrons. The van der Waals surface area contributed by atoms with E-state index in [0.29, 0.717) is 22.8 Å². The lowest BCUT2D eigenvalue weighted by molar-refractivity contribution is 0.0696. The molecule has 1 unspecified atom stereocenters. The highest BCUT2D eigenvalue weighted by Gasteiger charge is 2.29. The van der Waals surface area contributed by atoms with Crippen molar-refractivity contribution < 1.29 is 9.90 Å². The third-order valence-corrected chi connectivity index (χ3v) is 3.69. The maximum atomic E-state index is 10.8. The van der Waals surface area contributed by atoms with Gasteiger partial charge in [-0.3, -0.25) is 0 Å². The Morgan fingerprint density at radius 1 is 1.61 bits per heavy atom. The van der Waals surface area contributed by atoms with Crippen LogP contribution in [-0.2, 0) is 0 Å². The van der Waals surface area contributed by atoms with E-state index in [1.807, 2.05) is 0 Å². The van der Waals surface area contributed by atoms with Crippen LogP contribution in [0.4, 0.5) is 5.82 Å². The molecule has 0 aromatic carbocycles. The summed E-state index contributed by atoms with van der Waals surface area (Å²) < 4.78 is 0. The van der Waals surface area contributed by atoms with E-state index < -0.39 is 5.97 Å². The smallest absolute Gasteiger partial charge is 0.337 e. The summed E-state index contributed by atoms with van der Waals surface area (Å²) in [5.74, 6) is 0.236. The van der Waals surface area contributed by atoms with Gasteiger partial charge in [0.25, 0.3) is 0 Å². The molecular formula is C13H17ClN2O2. The molecule has 0 saturated carbocycles. The normalized spacial score (nSPS) is 19.6. The molecule has 5 heteroatoms. The van der Waals surface area contributed by atoms with E-state index in [1.165, 1.54) is 12.3 Å². The number of hydrogen-bond donors (Lipinski definition) is 1. The number of nitrogens with zero attached hydrogens (tertiary/aromatic N) is 2. The third-order valence-electron chi connectivity index (χ3n) is 3.41. The van der Waals surface area contributed by atoms with E-state index in [9.17, 15) is 4.79 Å². The number of rotatable bonds is 3. The fraction of sp³-hybridized carbons (Fsp3) is 0.538. The summed E-state index contributed by atoms with van der Waals surface area (Å²) in [7, 11) is 0. The van der Waals surface area contributed by atoms with Crippen LogP contribution in [0.15, 0.2) is 12.3 Å². The van der Waals surface area contributed by atoms with Crippen LogP contribution in [0.2, 0.25) is 5.02 Å². The number of aromatic nitrogens is 1. The Kier molecular flexibility index (Phi) is 3.76. The zero-order chi connectivity index (χ0) is 13.3. The number of carboxylic acids is 1. The third kappa shape index (κ3) is 2.43. The molecule has 1 aliphatic heterocycles. The van der Waals surface area contributed by atoms with Gasteiger partial charge in [0.05, 0.1) is 10.6 Å². The second-order valence-corrected chi connectivity index (χ2v) is 5.39. The first-order chi connectivity index (χ1) is 8.50. The Morgan fingerprint density at radius 2 is 2.33 bits per heavy atom. The second-order valence-electron chi connectivity index (χ2n) is 4.98. The molecule has 0 amide bonds. The van der Waals surface area contributed by atoms with E-state index in [4.69, 9.17) is 16.7 Å². The lowest BCUT2D eigenvalue weighted by atomic mass is 10.0. The number of hydrogen-bond acceptors (Lipinski definition) is 3. The lowest BCUT2D eigenvalue weighted by Crippen LogP contribution is -2.34. The van der Waals surface area contributed by atoms with E-state index in [0.717, 1.165) is 19.4 Å². The van der Waals surface area contributed by atoms with Crippen molar-refractivity contribution in [3.05, 3.63) is 22.8 Å². The average molecular weight is 269 g/mol. The van der Waals surface area contributed by atoms with Crippen molar-refractivity contribution >= 4 is 23.4 Å². The number of aromatic carboxylic acids is 1. The Labute approximate surface area is 112 Å². The molecule has 0 aliphatic carbocycles. The van der Waals surface area contributed by atoms with Crippen LogP contribution in [-0.4, -0.2) is 28.6 Å². The SMILES string of the molecule is CC(C)C1CCCN1c1ncc(C(=O)O)cc1Cl. The van der Waals surface area contributed by atoms with Crippen molar-refractivity contribution in [2.24, 2.45) is 5.92 Å². The summed E-state index contributed by atoms with van der Waals surface area (Å²) in [6, 6.07) is 1.91. The van der Waals surface area contributed by atoms with E-state index in [1.54, 1.807) is 0 Å². The first kappa shape index (κ1) is 13.1. The molecule has 2 rings (SSSR count). The maximum Gasteiger partial charge on any atom is 0.337 e. The van der Waals surface area contributed by atoms with Gasteiger partial charge < -0.3 is 10.0 Å². The highest BCUT2D eigenvalue weighted by atomic mass is 35.5. The van der Waals surface area contributed by atoms with E-state index in [-0.39, 0.29) is 5.56 Å². The second kappa shape index (κ2) is 5.14. The number of carbonyl (C=O) groups is 1. The average Bonchev–Trinajstić information content (AvgIpc) is 2.77. The predicted molar refractivity (Wildman–Crippen MR) is 71.4 cm³/mol. The summed E-state index contributed by atoms with van der Waals surface area (Å²) in [4.78, 5) is 17.3. The molecule has 1 N–H and O–H groups in total. The predicted octanol–water partition coefficient (Wildman–Crippen LogP) is 3.06. The van der Waals surface area contributed by atoms with Gasteiger partial charge in [0, 0.05) is 18.8 Å². The molecule has 0 radical (unpaired) electrons. The van der Waals surface area contributed by atoms with Crippen molar-refractivity contribution in [3.63, 3.8) is 0 Å². The van der Waals surface area contributed by atoms with Crippen LogP contribution in [0, 0.1) is 5.92 Å². The summed E-state index contributed by atoms with van der Waals surface area (Å²) in [5.41, 5.74) is 0.129. The van der Waals surface area contributed by atoms with Gasteiger partial charge in [0.1, 0.15) is 5.82 Å². The lowest BCUT2D eigenvalue weighted by Gasteiger charge is -2.29. The van der Waals surface area contributed by atoms with Gasteiger partial charge in [-0.15, -0.1) is 0 Å². The van der Waals surface area contributed by atoms with Crippen molar-refractivity contribution in [3.8, 4) is 0 Å². The minimum Gasteiger partial charge on any atom is -0.478 e. The van der Waals surface area contributed by atoms with Crippen LogP contribution < -0.4 is 4.90 Å². The summed E-state index contributed by atoms with van der Waals surface area (Å²) in [5, 5.41) is 9.31. The van der Waals surface area contributed by atoms with Crippen LogP contribution in [0.3, 0.4) is 0 Å². The molecule has 0 spiro atoms. The highest BCUT2D eigenvalue weighted by molar-refractivity contribution is 6.33. The molecule has 1 aromatic heterocycles. The Balaban J connectivity index is 2.31. The molecule has 0 bridgehead atoms. The first-order valence-electron chi connectivity index (χ1n) is 6.16. The van der Waals surface area contributed by atoms with Gasteiger partial charge in [-0.05, 0) is 24.8 Å². The van der Waals surface area contributed by atoms with Crippen LogP contribution in [0.5, 0.6) is 0 Å². The largest absolute Gasteiger partial charge is 0.478 e. The van der Waals surface area contributed by atoms with E-state index >= 15 is 0 Å². The number of carboxylic acid groups (broad SMARTS) is 1. The van der Waals surface area contributed by atoms with Gasteiger partial charge >= 0.3 is 5.97 Å². The van der Waals surface area contributed by atoms with Crippen LogP contribution in [0.25, 0.3) is 0 Å². The monoisotopic (exact) mass is 268 g/mol. The zero-order valence-corrected chi connectivity index (χ0v) is 11.3. The summed E-state index contributed by atoms with van der Waals surface area (Å²) in [6.07, 6.45) is 3.64. The molecule has 1 fully saturated rings. The van der Waals surface area contributed by atoms with Crippen molar-refractivity contribution in [2.75, 3.05) is 11.4 Å². The summed E-state index contributed by atoms with van der Waals surface area (Å²) >= 11 is 6.16. The quantitative estimate of drug-likeness (QED) is 0.915.